The van der Waals surface area contributed by atoms with Gasteiger partial charge in [0.25, 0.3) is 5.91 Å². The number of hydrogen-bond acceptors (Lipinski definition) is 8. The van der Waals surface area contributed by atoms with E-state index in [1.165, 1.54) is 12.5 Å². The highest BCUT2D eigenvalue weighted by molar-refractivity contribution is 8.23. The van der Waals surface area contributed by atoms with Gasteiger partial charge in [0, 0.05) is 24.0 Å². The van der Waals surface area contributed by atoms with E-state index in [0.29, 0.717) is 11.5 Å². The van der Waals surface area contributed by atoms with Gasteiger partial charge < -0.3 is 22.1 Å². The van der Waals surface area contributed by atoms with E-state index in [9.17, 15) is 13.9 Å². The summed E-state index contributed by atoms with van der Waals surface area (Å²) in [7, 11) is -2.61. The van der Waals surface area contributed by atoms with Crippen molar-refractivity contribution in [3.8, 4) is 0 Å². The van der Waals surface area contributed by atoms with Crippen LogP contribution in [0.4, 0.5) is 17.3 Å². The lowest BCUT2D eigenvalue weighted by atomic mass is 9.91. The SMILES string of the molecule is CS(O)(O)Cc1ccc(Nc2nc(NC3CCCCC3N)cnc2C(N)=O)cc1. The van der Waals surface area contributed by atoms with E-state index in [1.807, 2.05) is 0 Å². The molecule has 1 aromatic carbocycles. The lowest BCUT2D eigenvalue weighted by Crippen LogP contribution is -2.42. The molecule has 0 aliphatic heterocycles. The van der Waals surface area contributed by atoms with Gasteiger partial charge in [0.2, 0.25) is 0 Å². The maximum Gasteiger partial charge on any atom is 0.271 e. The molecule has 1 amide bonds. The number of rotatable bonds is 7. The van der Waals surface area contributed by atoms with Crippen LogP contribution in [0, 0.1) is 0 Å². The van der Waals surface area contributed by atoms with E-state index in [4.69, 9.17) is 11.5 Å². The summed E-state index contributed by atoms with van der Waals surface area (Å²) in [5.74, 6) is 0.272. The van der Waals surface area contributed by atoms with E-state index in [-0.39, 0.29) is 29.3 Å². The van der Waals surface area contributed by atoms with Crippen LogP contribution >= 0.6 is 10.6 Å². The van der Waals surface area contributed by atoms with Gasteiger partial charge in [0.05, 0.1) is 11.9 Å². The average Bonchev–Trinajstić information content (AvgIpc) is 2.64. The summed E-state index contributed by atoms with van der Waals surface area (Å²) in [5.41, 5.74) is 13.1. The standard InChI is InChI=1S/C19H28N6O3S/c1-29(27,28)11-12-6-8-13(9-7-12)23-19-17(18(21)26)22-10-16(25-19)24-15-5-3-2-4-14(15)20/h6-10,14-15,27-28H,2-5,11,20H2,1H3,(H2,21,26)(H2,23,24,25). The second-order valence-electron chi connectivity index (χ2n) is 7.48. The molecule has 0 radical (unpaired) electrons. The number of aromatic nitrogens is 2. The third kappa shape index (κ3) is 6.04. The zero-order chi connectivity index (χ0) is 21.0. The molecule has 1 fully saturated rings. The molecular formula is C19H28N6O3S. The van der Waals surface area contributed by atoms with Crippen LogP contribution in [0.5, 0.6) is 0 Å². The monoisotopic (exact) mass is 420 g/mol. The molecule has 2 atom stereocenters. The Labute approximate surface area is 171 Å². The van der Waals surface area contributed by atoms with Crippen molar-refractivity contribution >= 4 is 33.8 Å². The largest absolute Gasteiger partial charge is 0.364 e. The first-order valence-corrected chi connectivity index (χ1v) is 11.6. The molecule has 29 heavy (non-hydrogen) atoms. The minimum Gasteiger partial charge on any atom is -0.364 e. The summed E-state index contributed by atoms with van der Waals surface area (Å²) in [4.78, 5) is 20.4. The van der Waals surface area contributed by atoms with Crippen LogP contribution in [-0.2, 0) is 5.75 Å². The fourth-order valence-corrected chi connectivity index (χ4v) is 4.22. The van der Waals surface area contributed by atoms with E-state index in [2.05, 4.69) is 20.6 Å². The fourth-order valence-electron chi connectivity index (χ4n) is 3.39. The molecule has 1 aliphatic rings. The molecule has 0 spiro atoms. The first kappa shape index (κ1) is 21.3. The third-order valence-corrected chi connectivity index (χ3v) is 5.70. The normalized spacial score (nSPS) is 20.1. The lowest BCUT2D eigenvalue weighted by Gasteiger charge is -2.29. The summed E-state index contributed by atoms with van der Waals surface area (Å²) >= 11 is 0. The van der Waals surface area contributed by atoms with E-state index in [0.717, 1.165) is 31.2 Å². The molecule has 1 aromatic heterocycles. The Morgan fingerprint density at radius 2 is 1.93 bits per heavy atom. The molecule has 10 heteroatoms. The van der Waals surface area contributed by atoms with Crippen LogP contribution in [-0.4, -0.2) is 43.3 Å². The molecule has 2 unspecified atom stereocenters. The maximum absolute atomic E-state index is 11.8. The lowest BCUT2D eigenvalue weighted by molar-refractivity contribution is 0.0996. The smallest absolute Gasteiger partial charge is 0.271 e. The van der Waals surface area contributed by atoms with Gasteiger partial charge in [-0.3, -0.25) is 13.9 Å². The van der Waals surface area contributed by atoms with Crippen molar-refractivity contribution < 1.29 is 13.9 Å². The van der Waals surface area contributed by atoms with Gasteiger partial charge in [-0.25, -0.2) is 9.97 Å². The molecule has 3 rings (SSSR count). The van der Waals surface area contributed by atoms with Crippen molar-refractivity contribution in [1.29, 1.82) is 0 Å². The summed E-state index contributed by atoms with van der Waals surface area (Å²) in [6.45, 7) is 0. The quantitative estimate of drug-likeness (QED) is 0.399. The molecular weight excluding hydrogens is 392 g/mol. The third-order valence-electron chi connectivity index (χ3n) is 4.82. The molecule has 1 saturated carbocycles. The Bertz CT molecular complexity index is 856. The molecule has 8 N–H and O–H groups in total. The van der Waals surface area contributed by atoms with E-state index >= 15 is 0 Å². The van der Waals surface area contributed by atoms with Gasteiger partial charge in [-0.15, -0.1) is 0 Å². The average molecular weight is 421 g/mol. The fraction of sp³-hybridized carbons (Fsp3) is 0.421. The minimum atomic E-state index is -2.61. The number of nitrogens with two attached hydrogens (primary N) is 2. The number of nitrogens with one attached hydrogen (secondary N) is 2. The van der Waals surface area contributed by atoms with Gasteiger partial charge in [0.1, 0.15) is 5.82 Å². The highest BCUT2D eigenvalue weighted by Crippen LogP contribution is 2.38. The number of amides is 1. The predicted molar refractivity (Wildman–Crippen MR) is 117 cm³/mol. The summed E-state index contributed by atoms with van der Waals surface area (Å²) < 4.78 is 19.2. The van der Waals surface area contributed by atoms with Crippen molar-refractivity contribution in [2.24, 2.45) is 11.5 Å². The first-order valence-electron chi connectivity index (χ1n) is 9.47. The second kappa shape index (κ2) is 8.95. The molecule has 1 heterocycles. The Morgan fingerprint density at radius 1 is 1.24 bits per heavy atom. The number of primary amides is 1. The Balaban J connectivity index is 1.78. The topological polar surface area (TPSA) is 159 Å². The molecule has 9 nitrogen and oxygen atoms in total. The molecule has 2 aromatic rings. The summed E-state index contributed by atoms with van der Waals surface area (Å²) in [5, 5.41) is 6.38. The van der Waals surface area contributed by atoms with Gasteiger partial charge in [-0.1, -0.05) is 25.0 Å². The number of carbonyl (C=O) groups is 1. The Kier molecular flexibility index (Phi) is 6.58. The van der Waals surface area contributed by atoms with Crippen LogP contribution in [0.3, 0.4) is 0 Å². The van der Waals surface area contributed by atoms with Crippen LogP contribution in [0.1, 0.15) is 41.7 Å². The predicted octanol–water partition coefficient (Wildman–Crippen LogP) is 2.88. The molecule has 1 aliphatic carbocycles. The van der Waals surface area contributed by atoms with Crippen molar-refractivity contribution in [1.82, 2.24) is 9.97 Å². The number of carbonyl (C=O) groups excluding carboxylic acids is 1. The van der Waals surface area contributed by atoms with Gasteiger partial charge in [0.15, 0.2) is 11.5 Å². The van der Waals surface area contributed by atoms with Crippen molar-refractivity contribution in [3.05, 3.63) is 41.7 Å². The highest BCUT2D eigenvalue weighted by atomic mass is 32.3. The zero-order valence-electron chi connectivity index (χ0n) is 16.3. The molecule has 0 bridgehead atoms. The van der Waals surface area contributed by atoms with Crippen LogP contribution in [0.25, 0.3) is 0 Å². The Hall–Kier alpha value is -2.40. The number of anilines is 3. The first-order chi connectivity index (χ1) is 13.7. The van der Waals surface area contributed by atoms with Crippen LogP contribution < -0.4 is 22.1 Å². The summed E-state index contributed by atoms with van der Waals surface area (Å²) in [6, 6.07) is 7.25. The highest BCUT2D eigenvalue weighted by Gasteiger charge is 2.23. The number of benzene rings is 1. The second-order valence-corrected chi connectivity index (χ2v) is 9.75. The van der Waals surface area contributed by atoms with E-state index in [1.54, 1.807) is 24.3 Å². The van der Waals surface area contributed by atoms with Crippen LogP contribution in [0.2, 0.25) is 0 Å². The number of nitrogens with zero attached hydrogens (tertiary/aromatic N) is 2. The Morgan fingerprint density at radius 3 is 2.55 bits per heavy atom. The molecule has 158 valence electrons. The maximum atomic E-state index is 11.8. The zero-order valence-corrected chi connectivity index (χ0v) is 17.2. The van der Waals surface area contributed by atoms with Crippen molar-refractivity contribution in [2.75, 3.05) is 16.9 Å². The van der Waals surface area contributed by atoms with Crippen molar-refractivity contribution in [2.45, 2.75) is 43.5 Å². The number of hydrogen-bond donors (Lipinski definition) is 6. The van der Waals surface area contributed by atoms with E-state index < -0.39 is 16.5 Å². The van der Waals surface area contributed by atoms with Gasteiger partial charge >= 0.3 is 0 Å². The minimum absolute atomic E-state index is 0.0373. The van der Waals surface area contributed by atoms with Gasteiger partial charge in [-0.2, -0.15) is 10.6 Å². The van der Waals surface area contributed by atoms with Crippen LogP contribution in [0.15, 0.2) is 30.5 Å². The summed E-state index contributed by atoms with van der Waals surface area (Å²) in [6.07, 6.45) is 7.05. The van der Waals surface area contributed by atoms with Crippen molar-refractivity contribution in [3.63, 3.8) is 0 Å². The molecule has 0 saturated heterocycles. The van der Waals surface area contributed by atoms with Gasteiger partial charge in [-0.05, 0) is 30.5 Å².